The van der Waals surface area contributed by atoms with E-state index in [1.54, 1.807) is 12.1 Å². The quantitative estimate of drug-likeness (QED) is 0.420. The maximum absolute atomic E-state index is 11.1. The fourth-order valence-electron chi connectivity index (χ4n) is 0.852. The summed E-state index contributed by atoms with van der Waals surface area (Å²) in [5.41, 5.74) is 10.7. The highest BCUT2D eigenvalue weighted by Crippen LogP contribution is 2.11. The Morgan fingerprint density at radius 3 is 2.58 bits per heavy atom. The topological polar surface area (TPSA) is 89.3 Å². The van der Waals surface area contributed by atoms with Crippen LogP contribution in [-0.4, -0.2) is 17.1 Å². The number of benzene rings is 1. The van der Waals surface area contributed by atoms with Gasteiger partial charge in [0.05, 0.1) is 0 Å². The summed E-state index contributed by atoms with van der Waals surface area (Å²) in [6.07, 6.45) is -1.02. The number of ketones is 1. The summed E-state index contributed by atoms with van der Waals surface area (Å²) >= 11 is 0. The van der Waals surface area contributed by atoms with Crippen molar-refractivity contribution < 1.29 is 9.90 Å². The predicted molar refractivity (Wildman–Crippen MR) is 44.6 cm³/mol. The van der Waals surface area contributed by atoms with Crippen molar-refractivity contribution in [3.8, 4) is 5.75 Å². The highest BCUT2D eigenvalue weighted by molar-refractivity contribution is 5.99. The summed E-state index contributed by atoms with van der Waals surface area (Å²) in [5, 5.41) is 9.01. The van der Waals surface area contributed by atoms with Crippen molar-refractivity contribution in [3.63, 3.8) is 0 Å². The van der Waals surface area contributed by atoms with Gasteiger partial charge in [-0.2, -0.15) is 0 Å². The van der Waals surface area contributed by atoms with E-state index in [1.165, 1.54) is 12.1 Å². The summed E-state index contributed by atoms with van der Waals surface area (Å²) in [4.78, 5) is 11.1. The lowest BCUT2D eigenvalue weighted by Crippen LogP contribution is -2.39. The molecule has 0 saturated carbocycles. The second-order valence-corrected chi connectivity index (χ2v) is 2.44. The molecular weight excluding hydrogens is 156 g/mol. The van der Waals surface area contributed by atoms with Crippen LogP contribution in [0.25, 0.3) is 0 Å². The highest BCUT2D eigenvalue weighted by Gasteiger charge is 2.10. The standard InChI is InChI=1S/C8H10N2O2/c9-8(10)7(12)5-2-1-3-6(11)4-5/h1-4,8,11H,9-10H2. The van der Waals surface area contributed by atoms with Gasteiger partial charge < -0.3 is 16.6 Å². The van der Waals surface area contributed by atoms with Crippen LogP contribution in [0, 0.1) is 0 Å². The molecule has 1 aromatic carbocycles. The van der Waals surface area contributed by atoms with Crippen LogP contribution in [0.5, 0.6) is 5.75 Å². The van der Waals surface area contributed by atoms with Crippen molar-refractivity contribution in [2.45, 2.75) is 6.17 Å². The molecule has 0 amide bonds. The van der Waals surface area contributed by atoms with E-state index >= 15 is 0 Å². The SMILES string of the molecule is NC(N)C(=O)c1cccc(O)c1. The minimum atomic E-state index is -1.02. The molecule has 1 aromatic rings. The maximum Gasteiger partial charge on any atom is 0.193 e. The van der Waals surface area contributed by atoms with Crippen LogP contribution in [-0.2, 0) is 0 Å². The first-order valence-electron chi connectivity index (χ1n) is 3.45. The molecule has 4 heteroatoms. The van der Waals surface area contributed by atoms with Gasteiger partial charge in [0, 0.05) is 5.56 Å². The summed E-state index contributed by atoms with van der Waals surface area (Å²) in [5.74, 6) is -0.354. The van der Waals surface area contributed by atoms with Crippen molar-refractivity contribution in [2.75, 3.05) is 0 Å². The molecule has 0 aliphatic rings. The molecule has 0 saturated heterocycles. The summed E-state index contributed by atoms with van der Waals surface area (Å²) in [6, 6.07) is 5.91. The summed E-state index contributed by atoms with van der Waals surface area (Å²) < 4.78 is 0. The van der Waals surface area contributed by atoms with Crippen LogP contribution in [0.1, 0.15) is 10.4 Å². The number of aromatic hydroxyl groups is 1. The third-order valence-corrected chi connectivity index (χ3v) is 1.43. The van der Waals surface area contributed by atoms with E-state index in [2.05, 4.69) is 0 Å². The number of Topliss-reactive ketones (excluding diaryl/α,β-unsaturated/α-hetero) is 1. The van der Waals surface area contributed by atoms with Gasteiger partial charge in [0.1, 0.15) is 11.9 Å². The van der Waals surface area contributed by atoms with Gasteiger partial charge >= 0.3 is 0 Å². The predicted octanol–water partition coefficient (Wildman–Crippen LogP) is -0.182. The minimum Gasteiger partial charge on any atom is -0.508 e. The molecule has 0 fully saturated rings. The van der Waals surface area contributed by atoms with Crippen molar-refractivity contribution in [3.05, 3.63) is 29.8 Å². The van der Waals surface area contributed by atoms with E-state index < -0.39 is 6.17 Å². The zero-order valence-electron chi connectivity index (χ0n) is 6.40. The number of carbonyl (C=O) groups excluding carboxylic acids is 1. The van der Waals surface area contributed by atoms with E-state index in [0.717, 1.165) is 0 Å². The Bertz CT molecular complexity index is 297. The Labute approximate surface area is 69.8 Å². The van der Waals surface area contributed by atoms with Gasteiger partial charge in [0.2, 0.25) is 0 Å². The number of phenols is 1. The van der Waals surface area contributed by atoms with Gasteiger partial charge in [-0.1, -0.05) is 12.1 Å². The minimum absolute atomic E-state index is 0.0292. The van der Waals surface area contributed by atoms with Crippen LogP contribution in [0.2, 0.25) is 0 Å². The van der Waals surface area contributed by atoms with Gasteiger partial charge in [-0.15, -0.1) is 0 Å². The Kier molecular flexibility index (Phi) is 2.42. The number of hydrogen-bond acceptors (Lipinski definition) is 4. The second-order valence-electron chi connectivity index (χ2n) is 2.44. The smallest absolute Gasteiger partial charge is 0.193 e. The van der Waals surface area contributed by atoms with Crippen LogP contribution >= 0.6 is 0 Å². The number of rotatable bonds is 2. The van der Waals surface area contributed by atoms with Gasteiger partial charge in [-0.3, -0.25) is 4.79 Å². The number of carbonyl (C=O) groups is 1. The largest absolute Gasteiger partial charge is 0.508 e. The van der Waals surface area contributed by atoms with Crippen molar-refractivity contribution in [2.24, 2.45) is 11.5 Å². The average Bonchev–Trinajstić information content (AvgIpc) is 2.03. The Balaban J connectivity index is 2.96. The molecule has 0 spiro atoms. The third-order valence-electron chi connectivity index (χ3n) is 1.43. The molecule has 0 bridgehead atoms. The molecule has 1 rings (SSSR count). The van der Waals surface area contributed by atoms with Crippen molar-refractivity contribution in [1.82, 2.24) is 0 Å². The van der Waals surface area contributed by atoms with E-state index in [9.17, 15) is 4.79 Å². The monoisotopic (exact) mass is 166 g/mol. The lowest BCUT2D eigenvalue weighted by Gasteiger charge is -2.03. The van der Waals surface area contributed by atoms with Gasteiger partial charge in [0.25, 0.3) is 0 Å². The fourth-order valence-corrected chi connectivity index (χ4v) is 0.852. The van der Waals surface area contributed by atoms with E-state index in [-0.39, 0.29) is 11.5 Å². The van der Waals surface area contributed by atoms with Crippen LogP contribution in [0.4, 0.5) is 0 Å². The van der Waals surface area contributed by atoms with Gasteiger partial charge in [0.15, 0.2) is 5.78 Å². The second kappa shape index (κ2) is 3.34. The molecule has 0 unspecified atom stereocenters. The van der Waals surface area contributed by atoms with Gasteiger partial charge in [-0.05, 0) is 12.1 Å². The number of hydrogen-bond donors (Lipinski definition) is 3. The molecule has 0 aliphatic carbocycles. The molecule has 0 radical (unpaired) electrons. The Morgan fingerprint density at radius 1 is 1.42 bits per heavy atom. The molecule has 64 valence electrons. The van der Waals surface area contributed by atoms with Crippen LogP contribution in [0.15, 0.2) is 24.3 Å². The van der Waals surface area contributed by atoms with E-state index in [0.29, 0.717) is 5.56 Å². The molecular formula is C8H10N2O2. The summed E-state index contributed by atoms with van der Waals surface area (Å²) in [6.45, 7) is 0. The molecule has 0 heterocycles. The lowest BCUT2D eigenvalue weighted by atomic mass is 10.1. The molecule has 0 aromatic heterocycles. The third kappa shape index (κ3) is 1.81. The first-order valence-corrected chi connectivity index (χ1v) is 3.45. The first kappa shape index (κ1) is 8.70. The summed E-state index contributed by atoms with van der Waals surface area (Å²) in [7, 11) is 0. The molecule has 4 nitrogen and oxygen atoms in total. The number of nitrogens with two attached hydrogens (primary N) is 2. The van der Waals surface area contributed by atoms with Crippen molar-refractivity contribution >= 4 is 5.78 Å². The fraction of sp³-hybridized carbons (Fsp3) is 0.125. The normalized spacial score (nSPS) is 10.2. The van der Waals surface area contributed by atoms with Crippen LogP contribution in [0.3, 0.4) is 0 Å². The average molecular weight is 166 g/mol. The zero-order chi connectivity index (χ0) is 9.14. The van der Waals surface area contributed by atoms with E-state index in [4.69, 9.17) is 16.6 Å². The lowest BCUT2D eigenvalue weighted by molar-refractivity contribution is 0.0963. The molecule has 0 atom stereocenters. The zero-order valence-corrected chi connectivity index (χ0v) is 6.40. The van der Waals surface area contributed by atoms with Gasteiger partial charge in [-0.25, -0.2) is 0 Å². The van der Waals surface area contributed by atoms with E-state index in [1.807, 2.05) is 0 Å². The van der Waals surface area contributed by atoms with Crippen LogP contribution < -0.4 is 11.5 Å². The Hall–Kier alpha value is -1.39. The first-order chi connectivity index (χ1) is 5.61. The Morgan fingerprint density at radius 2 is 2.08 bits per heavy atom. The molecule has 0 aliphatic heterocycles. The maximum atomic E-state index is 11.1. The number of phenolic OH excluding ortho intramolecular Hbond substituents is 1. The molecule has 12 heavy (non-hydrogen) atoms. The molecule has 5 N–H and O–H groups in total. The van der Waals surface area contributed by atoms with Crippen molar-refractivity contribution in [1.29, 1.82) is 0 Å². The highest BCUT2D eigenvalue weighted by atomic mass is 16.3.